The Morgan fingerprint density at radius 2 is 1.78 bits per heavy atom. The molecule has 0 saturated carbocycles. The summed E-state index contributed by atoms with van der Waals surface area (Å²) in [6.45, 7) is 1.67. The molecule has 1 fully saturated rings. The lowest BCUT2D eigenvalue weighted by atomic mass is 10.1. The van der Waals surface area contributed by atoms with Gasteiger partial charge in [-0.3, -0.25) is 19.7 Å². The lowest BCUT2D eigenvalue weighted by Gasteiger charge is -2.09. The quantitative estimate of drug-likeness (QED) is 0.312. The zero-order valence-electron chi connectivity index (χ0n) is 17.7. The third-order valence-corrected chi connectivity index (χ3v) is 5.54. The maximum absolute atomic E-state index is 13.0. The van der Waals surface area contributed by atoms with Gasteiger partial charge >= 0.3 is 0 Å². The highest BCUT2D eigenvalue weighted by Gasteiger charge is 2.28. The number of rotatable bonds is 6. The van der Waals surface area contributed by atoms with Crippen LogP contribution in [0.4, 0.5) is 0 Å². The van der Waals surface area contributed by atoms with Crippen LogP contribution in [0.2, 0.25) is 0 Å². The number of nitriles is 1. The molecule has 0 aliphatic carbocycles. The van der Waals surface area contributed by atoms with Crippen LogP contribution in [0.5, 0.6) is 0 Å². The van der Waals surface area contributed by atoms with Crippen molar-refractivity contribution >= 4 is 11.5 Å². The molecule has 2 aromatic carbocycles. The van der Waals surface area contributed by atoms with E-state index < -0.39 is 11.3 Å². The van der Waals surface area contributed by atoms with Crippen molar-refractivity contribution in [1.82, 2.24) is 25.6 Å². The predicted octanol–water partition coefficient (Wildman–Crippen LogP) is 1.70. The summed E-state index contributed by atoms with van der Waals surface area (Å²) in [4.78, 5) is 26.1. The molecule has 9 heteroatoms. The van der Waals surface area contributed by atoms with E-state index in [9.17, 15) is 14.9 Å². The second-order valence-corrected chi connectivity index (χ2v) is 7.51. The summed E-state index contributed by atoms with van der Waals surface area (Å²) in [6, 6.07) is 20.8. The fourth-order valence-electron chi connectivity index (χ4n) is 3.76. The number of para-hydroxylation sites is 1. The number of carbonyl (C=O) groups excluding carboxylic acids is 1. The largest absolute Gasteiger partial charge is 0.290 e. The Balaban J connectivity index is 1.54. The molecule has 32 heavy (non-hydrogen) atoms. The first-order valence-corrected chi connectivity index (χ1v) is 10.2. The summed E-state index contributed by atoms with van der Waals surface area (Å²) in [7, 11) is 1.69. The molecule has 4 rings (SSSR count). The molecule has 2 heterocycles. The van der Waals surface area contributed by atoms with Crippen molar-refractivity contribution in [2.24, 2.45) is 12.1 Å². The van der Waals surface area contributed by atoms with Gasteiger partial charge in [0.05, 0.1) is 5.69 Å². The van der Waals surface area contributed by atoms with Crippen LogP contribution in [0.3, 0.4) is 0 Å². The SMILES string of the molecule is Cc1c(C(=O)/C(C#N)=N/NC2CC(c3ccccc3)NN2)c(=O)n(-c2ccccc2)n1C. The highest BCUT2D eigenvalue weighted by Crippen LogP contribution is 2.20. The van der Waals surface area contributed by atoms with Gasteiger partial charge < -0.3 is 0 Å². The van der Waals surface area contributed by atoms with Crippen molar-refractivity contribution in [3.8, 4) is 11.8 Å². The van der Waals surface area contributed by atoms with Crippen molar-refractivity contribution in [2.75, 3.05) is 0 Å². The molecule has 1 saturated heterocycles. The van der Waals surface area contributed by atoms with Gasteiger partial charge in [-0.25, -0.2) is 15.5 Å². The summed E-state index contributed by atoms with van der Waals surface area (Å²) < 4.78 is 3.00. The van der Waals surface area contributed by atoms with E-state index in [1.165, 1.54) is 4.68 Å². The average Bonchev–Trinajstić information content (AvgIpc) is 3.38. The van der Waals surface area contributed by atoms with Crippen LogP contribution in [-0.4, -0.2) is 27.0 Å². The first kappa shape index (κ1) is 21.2. The molecule has 1 aliphatic heterocycles. The Bertz CT molecular complexity index is 1250. The highest BCUT2D eigenvalue weighted by atomic mass is 16.2. The second-order valence-electron chi connectivity index (χ2n) is 7.51. The van der Waals surface area contributed by atoms with Gasteiger partial charge in [-0.05, 0) is 24.6 Å². The number of hydrazone groups is 1. The molecule has 1 aromatic heterocycles. The van der Waals surface area contributed by atoms with Crippen molar-refractivity contribution in [3.63, 3.8) is 0 Å². The second kappa shape index (κ2) is 9.01. The Labute approximate surface area is 184 Å². The topological polar surface area (TPSA) is 116 Å². The molecule has 0 amide bonds. The molecule has 0 spiro atoms. The Morgan fingerprint density at radius 1 is 1.12 bits per heavy atom. The summed E-state index contributed by atoms with van der Waals surface area (Å²) in [5.41, 5.74) is 10.3. The van der Waals surface area contributed by atoms with Crippen molar-refractivity contribution in [3.05, 3.63) is 87.8 Å². The van der Waals surface area contributed by atoms with Gasteiger partial charge in [0.25, 0.3) is 5.56 Å². The van der Waals surface area contributed by atoms with Crippen LogP contribution in [0.15, 0.2) is 70.6 Å². The maximum Gasteiger partial charge on any atom is 0.283 e. The maximum atomic E-state index is 13.0. The molecule has 9 nitrogen and oxygen atoms in total. The zero-order chi connectivity index (χ0) is 22.7. The monoisotopic (exact) mass is 429 g/mol. The van der Waals surface area contributed by atoms with Gasteiger partial charge in [-0.2, -0.15) is 10.4 Å². The normalized spacial score (nSPS) is 18.3. The third kappa shape index (κ3) is 3.97. The lowest BCUT2D eigenvalue weighted by molar-refractivity contribution is 0.106. The van der Waals surface area contributed by atoms with Crippen LogP contribution in [0.25, 0.3) is 5.69 Å². The summed E-state index contributed by atoms with van der Waals surface area (Å²) in [5, 5.41) is 13.6. The average molecular weight is 429 g/mol. The van der Waals surface area contributed by atoms with E-state index in [0.29, 0.717) is 17.8 Å². The minimum absolute atomic E-state index is 0.0691. The molecule has 3 aromatic rings. The number of nitrogens with zero attached hydrogens (tertiary/aromatic N) is 4. The van der Waals surface area contributed by atoms with Gasteiger partial charge in [0, 0.05) is 25.2 Å². The van der Waals surface area contributed by atoms with E-state index in [4.69, 9.17) is 0 Å². The first-order chi connectivity index (χ1) is 15.5. The highest BCUT2D eigenvalue weighted by molar-refractivity contribution is 6.51. The smallest absolute Gasteiger partial charge is 0.283 e. The van der Waals surface area contributed by atoms with Crippen LogP contribution < -0.4 is 21.8 Å². The van der Waals surface area contributed by atoms with E-state index in [2.05, 4.69) is 21.4 Å². The number of benzene rings is 2. The predicted molar refractivity (Wildman–Crippen MR) is 120 cm³/mol. The first-order valence-electron chi connectivity index (χ1n) is 10.2. The Morgan fingerprint density at radius 3 is 2.44 bits per heavy atom. The van der Waals surface area contributed by atoms with E-state index >= 15 is 0 Å². The van der Waals surface area contributed by atoms with Gasteiger partial charge in [0.15, 0.2) is 0 Å². The number of hydrogen-bond acceptors (Lipinski definition) is 7. The molecule has 162 valence electrons. The Hall–Kier alpha value is -4.00. The third-order valence-electron chi connectivity index (χ3n) is 5.54. The van der Waals surface area contributed by atoms with E-state index in [1.807, 2.05) is 54.6 Å². The standard InChI is InChI=1S/C23H23N7O2/c1-15-21(23(32)30(29(15)2)17-11-7-4-8-12-17)22(31)19(14-24)26-28-20-13-18(25-27-20)16-9-5-3-6-10-16/h3-12,18,20,25,27-28H,13H2,1-2H3/b26-19+. The van der Waals surface area contributed by atoms with Crippen LogP contribution >= 0.6 is 0 Å². The van der Waals surface area contributed by atoms with Crippen LogP contribution in [0, 0.1) is 18.3 Å². The Kier molecular flexibility index (Phi) is 5.98. The molecule has 2 atom stereocenters. The minimum Gasteiger partial charge on any atom is -0.290 e. The zero-order valence-corrected chi connectivity index (χ0v) is 17.7. The molecule has 1 aliphatic rings. The fourth-order valence-corrected chi connectivity index (χ4v) is 3.76. The number of nitrogens with one attached hydrogen (secondary N) is 3. The molecule has 2 unspecified atom stereocenters. The summed E-state index contributed by atoms with van der Waals surface area (Å²) in [5.74, 6) is -0.710. The molecular formula is C23H23N7O2. The molecule has 0 bridgehead atoms. The molecule has 0 radical (unpaired) electrons. The molecular weight excluding hydrogens is 406 g/mol. The van der Waals surface area contributed by atoms with E-state index in [0.717, 1.165) is 5.56 Å². The van der Waals surface area contributed by atoms with E-state index in [-0.39, 0.29) is 23.5 Å². The van der Waals surface area contributed by atoms with Crippen molar-refractivity contribution in [1.29, 1.82) is 5.26 Å². The number of aromatic nitrogens is 2. The fraction of sp³-hybridized carbons (Fsp3) is 0.217. The van der Waals surface area contributed by atoms with E-state index in [1.54, 1.807) is 30.8 Å². The number of hydrazine groups is 1. The minimum atomic E-state index is -0.710. The van der Waals surface area contributed by atoms with Gasteiger partial charge in [0.1, 0.15) is 17.8 Å². The number of hydrogen-bond donors (Lipinski definition) is 3. The number of ketones is 1. The van der Waals surface area contributed by atoms with Crippen molar-refractivity contribution in [2.45, 2.75) is 25.6 Å². The number of carbonyl (C=O) groups is 1. The lowest BCUT2D eigenvalue weighted by Crippen LogP contribution is -2.39. The van der Waals surface area contributed by atoms with Gasteiger partial charge in [-0.15, -0.1) is 0 Å². The van der Waals surface area contributed by atoms with Crippen molar-refractivity contribution < 1.29 is 4.79 Å². The summed E-state index contributed by atoms with van der Waals surface area (Å²) in [6.07, 6.45) is 0.375. The van der Waals surface area contributed by atoms with Gasteiger partial charge in [-0.1, -0.05) is 48.5 Å². The number of Topliss-reactive ketones (excluding diaryl/α,β-unsaturated/α-hetero) is 1. The van der Waals surface area contributed by atoms with Crippen LogP contribution in [-0.2, 0) is 7.05 Å². The van der Waals surface area contributed by atoms with Crippen LogP contribution in [0.1, 0.15) is 34.1 Å². The summed E-state index contributed by atoms with van der Waals surface area (Å²) >= 11 is 0. The van der Waals surface area contributed by atoms with Gasteiger partial charge in [0.2, 0.25) is 11.5 Å². The molecule has 3 N–H and O–H groups in total.